The summed E-state index contributed by atoms with van der Waals surface area (Å²) in [5, 5.41) is 8.69. The van der Waals surface area contributed by atoms with Gasteiger partial charge in [-0.05, 0) is 18.2 Å². The summed E-state index contributed by atoms with van der Waals surface area (Å²) in [6, 6.07) is 4.60. The molecule has 13 heavy (non-hydrogen) atoms. The lowest BCUT2D eigenvalue weighted by Gasteiger charge is -1.91. The van der Waals surface area contributed by atoms with Gasteiger partial charge in [0, 0.05) is 22.6 Å². The average Bonchev–Trinajstić information content (AvgIpc) is 2.42. The maximum atomic E-state index is 10.6. The second-order valence-corrected chi connectivity index (χ2v) is 3.38. The Kier molecular flexibility index (Phi) is 1.95. The van der Waals surface area contributed by atoms with Crippen molar-refractivity contribution in [3.8, 4) is 0 Å². The van der Waals surface area contributed by atoms with Gasteiger partial charge in [-0.15, -0.1) is 0 Å². The summed E-state index contributed by atoms with van der Waals surface area (Å²) in [5.41, 5.74) is 1.39. The molecule has 0 amide bonds. The first-order chi connectivity index (χ1) is 6.16. The smallest absolute Gasteiger partial charge is 0.335 e. The van der Waals surface area contributed by atoms with Crippen LogP contribution in [-0.2, 0) is 0 Å². The Morgan fingerprint density at radius 3 is 3.00 bits per heavy atom. The zero-order valence-corrected chi connectivity index (χ0v) is 8.48. The van der Waals surface area contributed by atoms with Crippen LogP contribution in [0, 0.1) is 3.90 Å². The monoisotopic (exact) mass is 289 g/mol. The zero-order valence-electron chi connectivity index (χ0n) is 6.32. The van der Waals surface area contributed by atoms with Crippen molar-refractivity contribution in [2.24, 2.45) is 0 Å². The van der Waals surface area contributed by atoms with Crippen LogP contribution in [0.1, 0.15) is 10.4 Å². The van der Waals surface area contributed by atoms with Crippen molar-refractivity contribution in [1.29, 1.82) is 0 Å². The molecule has 5 heteroatoms. The van der Waals surface area contributed by atoms with Gasteiger partial charge >= 0.3 is 5.97 Å². The highest BCUT2D eigenvalue weighted by Gasteiger charge is 2.07. The number of hydrogen-bond donors (Lipinski definition) is 1. The first-order valence-corrected chi connectivity index (χ1v) is 4.54. The lowest BCUT2D eigenvalue weighted by molar-refractivity contribution is 0.0697. The molecule has 0 spiro atoms. The number of fused-ring (bicyclic) bond motifs is 1. The number of carboxylic acids is 1. The van der Waals surface area contributed by atoms with E-state index in [-0.39, 0.29) is 5.56 Å². The van der Waals surface area contributed by atoms with Gasteiger partial charge in [0.15, 0.2) is 5.58 Å². The number of benzene rings is 1. The van der Waals surface area contributed by atoms with Gasteiger partial charge < -0.3 is 9.52 Å². The van der Waals surface area contributed by atoms with Crippen molar-refractivity contribution in [2.45, 2.75) is 0 Å². The van der Waals surface area contributed by atoms with Crippen LogP contribution in [0.4, 0.5) is 0 Å². The number of carbonyl (C=O) groups is 1. The van der Waals surface area contributed by atoms with Crippen molar-refractivity contribution >= 4 is 39.7 Å². The van der Waals surface area contributed by atoms with Gasteiger partial charge in [0.25, 0.3) is 3.90 Å². The molecule has 1 aromatic heterocycles. The van der Waals surface area contributed by atoms with Crippen LogP contribution >= 0.6 is 22.6 Å². The van der Waals surface area contributed by atoms with E-state index in [2.05, 4.69) is 4.98 Å². The fraction of sp³-hybridized carbons (Fsp3) is 0. The fourth-order valence-electron chi connectivity index (χ4n) is 1.03. The second kappa shape index (κ2) is 2.99. The van der Waals surface area contributed by atoms with Gasteiger partial charge in [0.1, 0.15) is 5.52 Å². The third-order valence-electron chi connectivity index (χ3n) is 1.61. The molecule has 0 radical (unpaired) electrons. The quantitative estimate of drug-likeness (QED) is 0.817. The first-order valence-electron chi connectivity index (χ1n) is 3.46. The van der Waals surface area contributed by atoms with Gasteiger partial charge in [0.2, 0.25) is 0 Å². The highest BCUT2D eigenvalue weighted by Crippen LogP contribution is 2.18. The van der Waals surface area contributed by atoms with E-state index in [1.807, 2.05) is 22.6 Å². The molecule has 0 aliphatic carbocycles. The van der Waals surface area contributed by atoms with Crippen LogP contribution in [0.3, 0.4) is 0 Å². The van der Waals surface area contributed by atoms with Crippen molar-refractivity contribution in [2.75, 3.05) is 0 Å². The number of carboxylic acid groups (broad SMARTS) is 1. The Morgan fingerprint density at radius 2 is 2.31 bits per heavy atom. The molecule has 0 aliphatic heterocycles. The van der Waals surface area contributed by atoms with Crippen molar-refractivity contribution in [3.63, 3.8) is 0 Å². The minimum atomic E-state index is -0.965. The normalized spacial score (nSPS) is 10.5. The van der Waals surface area contributed by atoms with E-state index in [9.17, 15) is 4.79 Å². The van der Waals surface area contributed by atoms with Crippen LogP contribution in [0.25, 0.3) is 11.1 Å². The minimum absolute atomic E-state index is 0.208. The molecule has 2 rings (SSSR count). The zero-order chi connectivity index (χ0) is 9.42. The molecule has 0 unspecified atom stereocenters. The molecule has 4 nitrogen and oxygen atoms in total. The summed E-state index contributed by atoms with van der Waals surface area (Å²) in [6.45, 7) is 0. The van der Waals surface area contributed by atoms with E-state index in [4.69, 9.17) is 9.52 Å². The first kappa shape index (κ1) is 8.49. The van der Waals surface area contributed by atoms with E-state index >= 15 is 0 Å². The Hall–Kier alpha value is -1.11. The molecule has 0 fully saturated rings. The Morgan fingerprint density at radius 1 is 1.54 bits per heavy atom. The van der Waals surface area contributed by atoms with Crippen LogP contribution in [-0.4, -0.2) is 16.1 Å². The number of hydrogen-bond acceptors (Lipinski definition) is 3. The lowest BCUT2D eigenvalue weighted by atomic mass is 10.2. The fourth-order valence-corrected chi connectivity index (χ4v) is 1.53. The highest BCUT2D eigenvalue weighted by molar-refractivity contribution is 14.1. The van der Waals surface area contributed by atoms with Crippen molar-refractivity contribution < 1.29 is 14.3 Å². The van der Waals surface area contributed by atoms with E-state index in [1.54, 1.807) is 6.07 Å². The van der Waals surface area contributed by atoms with Crippen molar-refractivity contribution in [3.05, 3.63) is 27.7 Å². The predicted octanol–water partition coefficient (Wildman–Crippen LogP) is 2.13. The molecule has 0 atom stereocenters. The Bertz CT molecular complexity index is 477. The standard InChI is InChI=1S/C8H4INO3/c9-8-10-5-2-1-4(7(11)12)3-6(5)13-8/h1-3H,(H,11,12). The van der Waals surface area contributed by atoms with Gasteiger partial charge in [-0.2, -0.15) is 0 Å². The van der Waals surface area contributed by atoms with E-state index in [1.165, 1.54) is 12.1 Å². The topological polar surface area (TPSA) is 63.3 Å². The molecule has 0 saturated carbocycles. The molecule has 66 valence electrons. The van der Waals surface area contributed by atoms with Crippen LogP contribution in [0.15, 0.2) is 22.6 Å². The van der Waals surface area contributed by atoms with E-state index in [0.717, 1.165) is 0 Å². The largest absolute Gasteiger partial charge is 0.478 e. The number of rotatable bonds is 1. The van der Waals surface area contributed by atoms with Crippen LogP contribution < -0.4 is 0 Å². The molecule has 1 heterocycles. The summed E-state index contributed by atoms with van der Waals surface area (Å²) >= 11 is 1.94. The second-order valence-electron chi connectivity index (χ2n) is 2.45. The van der Waals surface area contributed by atoms with Gasteiger partial charge in [-0.25, -0.2) is 9.78 Å². The third-order valence-corrected chi connectivity index (χ3v) is 2.07. The molecule has 1 aromatic carbocycles. The van der Waals surface area contributed by atoms with E-state index < -0.39 is 5.97 Å². The molecule has 2 aromatic rings. The maximum absolute atomic E-state index is 10.6. The van der Waals surface area contributed by atoms with Gasteiger partial charge in [-0.1, -0.05) is 0 Å². The maximum Gasteiger partial charge on any atom is 0.335 e. The van der Waals surface area contributed by atoms with Crippen LogP contribution in [0.2, 0.25) is 0 Å². The molecular formula is C8H4INO3. The number of nitrogens with zero attached hydrogens (tertiary/aromatic N) is 1. The number of aromatic nitrogens is 1. The minimum Gasteiger partial charge on any atom is -0.478 e. The van der Waals surface area contributed by atoms with Gasteiger partial charge in [-0.3, -0.25) is 0 Å². The molecule has 0 aliphatic rings. The van der Waals surface area contributed by atoms with Crippen molar-refractivity contribution in [1.82, 2.24) is 4.98 Å². The number of aromatic carboxylic acids is 1. The third kappa shape index (κ3) is 1.51. The molecule has 0 saturated heterocycles. The number of halogens is 1. The molecule has 1 N–H and O–H groups in total. The Balaban J connectivity index is 2.67. The molecular weight excluding hydrogens is 285 g/mol. The summed E-state index contributed by atoms with van der Waals surface area (Å²) in [6.07, 6.45) is 0. The summed E-state index contributed by atoms with van der Waals surface area (Å²) < 4.78 is 5.68. The molecule has 0 bridgehead atoms. The Labute approximate surface area is 86.7 Å². The lowest BCUT2D eigenvalue weighted by Crippen LogP contribution is -1.94. The summed E-state index contributed by atoms with van der Waals surface area (Å²) in [7, 11) is 0. The van der Waals surface area contributed by atoms with Gasteiger partial charge in [0.05, 0.1) is 5.56 Å². The van der Waals surface area contributed by atoms with E-state index in [0.29, 0.717) is 15.0 Å². The summed E-state index contributed by atoms with van der Waals surface area (Å²) in [5.74, 6) is -0.965. The SMILES string of the molecule is O=C(O)c1ccc2nc(I)oc2c1. The predicted molar refractivity (Wildman–Crippen MR) is 53.7 cm³/mol. The summed E-state index contributed by atoms with van der Waals surface area (Å²) in [4.78, 5) is 14.6. The van der Waals surface area contributed by atoms with Crippen LogP contribution in [0.5, 0.6) is 0 Å². The highest BCUT2D eigenvalue weighted by atomic mass is 127. The average molecular weight is 289 g/mol. The number of oxazole rings is 1.